The van der Waals surface area contributed by atoms with E-state index in [1.807, 2.05) is 0 Å². The van der Waals surface area contributed by atoms with Crippen LogP contribution in [0.15, 0.2) is 115 Å². The van der Waals surface area contributed by atoms with Gasteiger partial charge in [-0.1, -0.05) is 36.4 Å². The van der Waals surface area contributed by atoms with E-state index < -0.39 is 35.2 Å². The third-order valence-corrected chi connectivity index (χ3v) is 9.42. The lowest BCUT2D eigenvalue weighted by molar-refractivity contribution is -0.138. The largest absolute Gasteiger partial charge is 0.416 e. The van der Waals surface area contributed by atoms with Crippen molar-refractivity contribution >= 4 is 43.6 Å². The number of hydrogen-bond donors (Lipinski definition) is 0. The molecular formula is C41H19F9N4. The fraction of sp³-hybridized carbons (Fsp3) is 0.0732. The highest BCUT2D eigenvalue weighted by atomic mass is 19.4. The maximum absolute atomic E-state index is 14.3. The summed E-state index contributed by atoms with van der Waals surface area (Å²) in [4.78, 5) is 0. The zero-order chi connectivity index (χ0) is 38.3. The van der Waals surface area contributed by atoms with Crippen LogP contribution in [0.1, 0.15) is 27.8 Å². The molecule has 0 aliphatic carbocycles. The summed E-state index contributed by atoms with van der Waals surface area (Å²) >= 11 is 0. The van der Waals surface area contributed by atoms with Crippen LogP contribution in [0.2, 0.25) is 0 Å². The molecule has 0 aliphatic rings. The maximum atomic E-state index is 14.3. The van der Waals surface area contributed by atoms with Gasteiger partial charge in [-0.25, -0.2) is 0 Å². The second kappa shape index (κ2) is 11.9. The molecule has 0 radical (unpaired) electrons. The van der Waals surface area contributed by atoms with Gasteiger partial charge in [-0.3, -0.25) is 0 Å². The van der Waals surface area contributed by atoms with E-state index in [1.165, 1.54) is 34.9 Å². The average molecular weight is 739 g/mol. The summed E-state index contributed by atoms with van der Waals surface area (Å²) in [5.74, 6) is 0. The van der Waals surface area contributed by atoms with Crippen molar-refractivity contribution in [3.8, 4) is 34.6 Å². The lowest BCUT2D eigenvalue weighted by atomic mass is 9.95. The van der Waals surface area contributed by atoms with Crippen molar-refractivity contribution in [2.24, 2.45) is 0 Å². The fourth-order valence-corrected chi connectivity index (χ4v) is 7.10. The zero-order valence-electron chi connectivity index (χ0n) is 27.2. The van der Waals surface area contributed by atoms with Gasteiger partial charge in [0.05, 0.1) is 67.3 Å². The molecule has 8 aromatic rings. The molecule has 0 fully saturated rings. The third-order valence-electron chi connectivity index (χ3n) is 9.42. The minimum Gasteiger partial charge on any atom is -0.309 e. The number of nitriles is 2. The van der Waals surface area contributed by atoms with Crippen LogP contribution in [0.25, 0.3) is 66.1 Å². The first-order chi connectivity index (χ1) is 25.6. The Balaban J connectivity index is 1.53. The van der Waals surface area contributed by atoms with Crippen molar-refractivity contribution in [1.29, 1.82) is 10.5 Å². The molecule has 54 heavy (non-hydrogen) atoms. The van der Waals surface area contributed by atoms with Crippen molar-refractivity contribution in [2.45, 2.75) is 18.5 Å². The van der Waals surface area contributed by atoms with E-state index in [-0.39, 0.29) is 55.4 Å². The molecule has 2 aromatic heterocycles. The summed E-state index contributed by atoms with van der Waals surface area (Å²) in [6, 6.07) is 28.6. The Morgan fingerprint density at radius 3 is 1.39 bits per heavy atom. The molecular weight excluding hydrogens is 719 g/mol. The van der Waals surface area contributed by atoms with Gasteiger partial charge in [0.2, 0.25) is 0 Å². The number of benzene rings is 6. The lowest BCUT2D eigenvalue weighted by Gasteiger charge is -2.20. The van der Waals surface area contributed by atoms with Crippen LogP contribution in [-0.2, 0) is 18.5 Å². The van der Waals surface area contributed by atoms with Crippen LogP contribution < -0.4 is 0 Å². The summed E-state index contributed by atoms with van der Waals surface area (Å²) in [5.41, 5.74) is -1.99. The van der Waals surface area contributed by atoms with Crippen molar-refractivity contribution < 1.29 is 39.5 Å². The van der Waals surface area contributed by atoms with Gasteiger partial charge in [0.1, 0.15) is 6.07 Å². The van der Waals surface area contributed by atoms with E-state index in [0.29, 0.717) is 27.9 Å². The number of fused-ring (bicyclic) bond motifs is 6. The second-order valence-corrected chi connectivity index (χ2v) is 12.6. The molecule has 6 aromatic carbocycles. The van der Waals surface area contributed by atoms with E-state index in [2.05, 4.69) is 6.07 Å². The van der Waals surface area contributed by atoms with Crippen LogP contribution in [0, 0.1) is 22.7 Å². The SMILES string of the molecule is N#Cc1cc(-c2cc(-n3c4ccccc4c4cc(C(F)(F)F)ccc43)c(C#N)cc2-n2c3ccccc3c3cc(C(F)(F)F)ccc32)cc(C(F)(F)F)c1. The number of halogens is 9. The Labute approximate surface area is 298 Å². The van der Waals surface area contributed by atoms with Crippen molar-refractivity contribution in [3.05, 3.63) is 143 Å². The van der Waals surface area contributed by atoms with Crippen LogP contribution in [-0.4, -0.2) is 9.13 Å². The molecule has 0 bridgehead atoms. The Hall–Kier alpha value is -6.73. The predicted molar refractivity (Wildman–Crippen MR) is 185 cm³/mol. The van der Waals surface area contributed by atoms with Gasteiger partial charge in [0, 0.05) is 27.1 Å². The summed E-state index contributed by atoms with van der Waals surface area (Å²) in [6.45, 7) is 0. The Bertz CT molecular complexity index is 2930. The first-order valence-corrected chi connectivity index (χ1v) is 16.0. The first kappa shape index (κ1) is 34.4. The third kappa shape index (κ3) is 5.48. The van der Waals surface area contributed by atoms with E-state index in [1.54, 1.807) is 59.2 Å². The van der Waals surface area contributed by atoms with Crippen molar-refractivity contribution in [2.75, 3.05) is 0 Å². The van der Waals surface area contributed by atoms with Gasteiger partial charge >= 0.3 is 18.5 Å². The van der Waals surface area contributed by atoms with Crippen LogP contribution >= 0.6 is 0 Å². The number of nitrogens with zero attached hydrogens (tertiary/aromatic N) is 4. The Morgan fingerprint density at radius 1 is 0.426 bits per heavy atom. The molecule has 266 valence electrons. The minimum atomic E-state index is -4.89. The van der Waals surface area contributed by atoms with E-state index in [9.17, 15) is 50.0 Å². The molecule has 0 saturated heterocycles. The van der Waals surface area contributed by atoms with Crippen molar-refractivity contribution in [1.82, 2.24) is 9.13 Å². The zero-order valence-corrected chi connectivity index (χ0v) is 27.2. The van der Waals surface area contributed by atoms with E-state index in [0.717, 1.165) is 30.3 Å². The lowest BCUT2D eigenvalue weighted by Crippen LogP contribution is -2.07. The molecule has 13 heteroatoms. The van der Waals surface area contributed by atoms with Crippen LogP contribution in [0.3, 0.4) is 0 Å². The molecule has 0 aliphatic heterocycles. The molecule has 2 heterocycles. The van der Waals surface area contributed by atoms with Gasteiger partial charge in [-0.15, -0.1) is 0 Å². The molecule has 0 amide bonds. The summed E-state index contributed by atoms with van der Waals surface area (Å²) in [5, 5.41) is 21.6. The normalized spacial score (nSPS) is 12.5. The first-order valence-electron chi connectivity index (χ1n) is 16.0. The highest BCUT2D eigenvalue weighted by Gasteiger charge is 2.34. The molecule has 4 nitrogen and oxygen atoms in total. The van der Waals surface area contributed by atoms with Gasteiger partial charge in [-0.05, 0) is 84.4 Å². The van der Waals surface area contributed by atoms with Crippen LogP contribution in [0.5, 0.6) is 0 Å². The summed E-state index contributed by atoms with van der Waals surface area (Å²) < 4.78 is 129. The maximum Gasteiger partial charge on any atom is 0.416 e. The topological polar surface area (TPSA) is 57.4 Å². The van der Waals surface area contributed by atoms with Gasteiger partial charge in [0.25, 0.3) is 0 Å². The summed E-state index contributed by atoms with van der Waals surface area (Å²) in [7, 11) is 0. The second-order valence-electron chi connectivity index (χ2n) is 12.6. The number of para-hydroxylation sites is 2. The molecule has 0 saturated carbocycles. The van der Waals surface area contributed by atoms with Crippen molar-refractivity contribution in [3.63, 3.8) is 0 Å². The molecule has 8 rings (SSSR count). The molecule has 0 atom stereocenters. The Kier molecular flexibility index (Phi) is 7.57. The Morgan fingerprint density at radius 2 is 0.907 bits per heavy atom. The minimum absolute atomic E-state index is 0.0481. The van der Waals surface area contributed by atoms with E-state index >= 15 is 0 Å². The van der Waals surface area contributed by atoms with E-state index in [4.69, 9.17) is 0 Å². The standard InChI is InChI=1S/C41H19F9N4/c42-39(43,44)25-9-11-35-31(17-25)28-5-1-3-7-33(28)53(35)37-19-30(23-13-22(20-51)14-27(15-23)41(48,49)50)38(16-24(37)21-52)54-34-8-4-2-6-29(34)32-18-26(40(45,46)47)10-12-36(32)54/h1-19H. The van der Waals surface area contributed by atoms with Gasteiger partial charge in [-0.2, -0.15) is 50.0 Å². The molecule has 0 spiro atoms. The predicted octanol–water partition coefficient (Wildman–Crippen LogP) is 12.3. The number of alkyl halides is 9. The highest BCUT2D eigenvalue weighted by Crippen LogP contribution is 2.44. The van der Waals surface area contributed by atoms with Crippen LogP contribution in [0.4, 0.5) is 39.5 Å². The molecule has 0 N–H and O–H groups in total. The highest BCUT2D eigenvalue weighted by molar-refractivity contribution is 6.11. The number of aromatic nitrogens is 2. The monoisotopic (exact) mass is 738 g/mol. The fourth-order valence-electron chi connectivity index (χ4n) is 7.10. The van der Waals surface area contributed by atoms with Gasteiger partial charge < -0.3 is 9.13 Å². The smallest absolute Gasteiger partial charge is 0.309 e. The molecule has 0 unspecified atom stereocenters. The quantitative estimate of drug-likeness (QED) is 0.170. The average Bonchev–Trinajstić information content (AvgIpc) is 3.65. The van der Waals surface area contributed by atoms with Gasteiger partial charge in [0.15, 0.2) is 0 Å². The summed E-state index contributed by atoms with van der Waals surface area (Å²) in [6.07, 6.45) is -14.2. The number of hydrogen-bond acceptors (Lipinski definition) is 2. The number of rotatable bonds is 3.